The molecule has 256 valence electrons. The molecule has 8 atom stereocenters. The van der Waals surface area contributed by atoms with E-state index < -0.39 is 27.4 Å². The maximum absolute atomic E-state index is 12.7. The van der Waals surface area contributed by atoms with Gasteiger partial charge < -0.3 is 15.5 Å². The van der Waals surface area contributed by atoms with Crippen molar-refractivity contribution in [2.75, 3.05) is 19.5 Å². The number of allylic oxidation sites excluding steroid dienone is 4. The third-order valence-electron chi connectivity index (χ3n) is 12.8. The number of hydrogen-bond donors (Lipinski definition) is 3. The average molecular weight is 691 g/mol. The second-order valence-electron chi connectivity index (χ2n) is 15.0. The SMILES string of the molecule is CNCCC=C1c2ccccc2CCc2ccccc21.C[C@@H]1C[C@H]2[C@@H]3CCC4=CC(=O)C=C[C@]4(C)[C@@]3(Cl)[C@@H](O)C[C@]2(C)[C@@]1(O)C(=O)CCl. The number of Topliss-reactive ketones (excluding diaryl/α,β-unsaturated/α-hetero) is 1. The fraction of sp³-hybridized carbons (Fsp3) is 0.512. The van der Waals surface area contributed by atoms with Crippen molar-refractivity contribution in [3.05, 3.63) is 101 Å². The first kappa shape index (κ1) is 35.3. The molecule has 0 unspecified atom stereocenters. The summed E-state index contributed by atoms with van der Waals surface area (Å²) in [6, 6.07) is 17.7. The number of aryl methyl sites for hydroxylation is 2. The summed E-state index contributed by atoms with van der Waals surface area (Å²) in [5.41, 5.74) is 5.16. The summed E-state index contributed by atoms with van der Waals surface area (Å²) in [7, 11) is 2.01. The first-order chi connectivity index (χ1) is 22.9. The quantitative estimate of drug-likeness (QED) is 0.228. The molecule has 0 saturated heterocycles. The first-order valence-corrected chi connectivity index (χ1v) is 18.4. The van der Waals surface area contributed by atoms with E-state index in [4.69, 9.17) is 23.2 Å². The fourth-order valence-corrected chi connectivity index (χ4v) is 11.0. The number of hydrogen-bond acceptors (Lipinski definition) is 5. The van der Waals surface area contributed by atoms with Crippen LogP contribution in [0.5, 0.6) is 0 Å². The van der Waals surface area contributed by atoms with Gasteiger partial charge in [-0.2, -0.15) is 0 Å². The predicted molar refractivity (Wildman–Crippen MR) is 194 cm³/mol. The number of nitrogens with one attached hydrogen (secondary N) is 1. The molecular weight excluding hydrogens is 641 g/mol. The molecule has 0 spiro atoms. The van der Waals surface area contributed by atoms with Gasteiger partial charge in [0.25, 0.3) is 0 Å². The summed E-state index contributed by atoms with van der Waals surface area (Å²) in [5, 5.41) is 26.2. The van der Waals surface area contributed by atoms with Crippen LogP contribution in [-0.4, -0.2) is 57.8 Å². The Kier molecular flexibility index (Phi) is 9.78. The van der Waals surface area contributed by atoms with Crippen molar-refractivity contribution in [3.63, 3.8) is 0 Å². The number of aliphatic hydroxyl groups excluding tert-OH is 1. The van der Waals surface area contributed by atoms with Gasteiger partial charge in [0.15, 0.2) is 11.6 Å². The summed E-state index contributed by atoms with van der Waals surface area (Å²) < 4.78 is 0. The Bertz CT molecular complexity index is 1630. The van der Waals surface area contributed by atoms with Crippen molar-refractivity contribution in [2.45, 2.75) is 82.3 Å². The maximum Gasteiger partial charge on any atom is 0.179 e. The number of halogens is 2. The lowest BCUT2D eigenvalue weighted by atomic mass is 9.45. The van der Waals surface area contributed by atoms with E-state index in [-0.39, 0.29) is 41.6 Å². The Morgan fingerprint density at radius 1 is 1.02 bits per heavy atom. The zero-order valence-corrected chi connectivity index (χ0v) is 30.1. The number of alkyl halides is 2. The fourth-order valence-electron chi connectivity index (χ4n) is 10.2. The van der Waals surface area contributed by atoms with E-state index in [1.54, 1.807) is 12.2 Å². The van der Waals surface area contributed by atoms with Crippen molar-refractivity contribution in [1.82, 2.24) is 5.32 Å². The molecule has 0 heterocycles. The summed E-state index contributed by atoms with van der Waals surface area (Å²) in [4.78, 5) is 23.7. The van der Waals surface area contributed by atoms with Gasteiger partial charge in [-0.3, -0.25) is 9.59 Å². The van der Waals surface area contributed by atoms with Gasteiger partial charge >= 0.3 is 0 Å². The average Bonchev–Trinajstić information content (AvgIpc) is 3.18. The molecule has 0 radical (unpaired) electrons. The lowest BCUT2D eigenvalue weighted by Gasteiger charge is -2.63. The summed E-state index contributed by atoms with van der Waals surface area (Å²) in [5.74, 6) is -1.00. The lowest BCUT2D eigenvalue weighted by Crippen LogP contribution is -2.68. The van der Waals surface area contributed by atoms with Crippen molar-refractivity contribution in [3.8, 4) is 0 Å². The summed E-state index contributed by atoms with van der Waals surface area (Å²) in [6.45, 7) is 6.83. The number of carbonyl (C=O) groups is 2. The Labute approximate surface area is 295 Å². The highest BCUT2D eigenvalue weighted by atomic mass is 35.5. The zero-order valence-electron chi connectivity index (χ0n) is 28.6. The molecule has 0 aliphatic heterocycles. The van der Waals surface area contributed by atoms with E-state index in [2.05, 4.69) is 59.9 Å². The molecule has 7 rings (SSSR count). The largest absolute Gasteiger partial charge is 0.391 e. The van der Waals surface area contributed by atoms with Crippen molar-refractivity contribution < 1.29 is 19.8 Å². The van der Waals surface area contributed by atoms with Gasteiger partial charge in [-0.25, -0.2) is 0 Å². The van der Waals surface area contributed by atoms with E-state index >= 15 is 0 Å². The molecule has 0 amide bonds. The molecule has 0 aromatic heterocycles. The number of ketones is 2. The Morgan fingerprint density at radius 2 is 1.65 bits per heavy atom. The van der Waals surface area contributed by atoms with E-state index in [1.165, 1.54) is 27.8 Å². The Morgan fingerprint density at radius 3 is 2.25 bits per heavy atom. The molecule has 3 N–H and O–H groups in total. The highest BCUT2D eigenvalue weighted by Gasteiger charge is 2.74. The van der Waals surface area contributed by atoms with Gasteiger partial charge in [0.05, 0.1) is 16.9 Å². The van der Waals surface area contributed by atoms with E-state index in [1.807, 2.05) is 33.9 Å². The molecule has 3 saturated carbocycles. The third kappa shape index (κ3) is 5.31. The van der Waals surface area contributed by atoms with Gasteiger partial charge in [0.1, 0.15) is 5.60 Å². The molecule has 3 fully saturated rings. The van der Waals surface area contributed by atoms with Gasteiger partial charge in [-0.05, 0) is 116 Å². The number of aliphatic hydroxyl groups is 2. The van der Waals surface area contributed by atoms with Crippen molar-refractivity contribution >= 4 is 40.3 Å². The van der Waals surface area contributed by atoms with Crippen LogP contribution in [0.2, 0.25) is 0 Å². The van der Waals surface area contributed by atoms with Crippen LogP contribution in [0, 0.1) is 28.6 Å². The minimum absolute atomic E-state index is 0.00929. The molecule has 2 aromatic rings. The minimum Gasteiger partial charge on any atom is -0.391 e. The minimum atomic E-state index is -1.56. The third-order valence-corrected chi connectivity index (χ3v) is 14.0. The molecule has 7 heteroatoms. The molecule has 48 heavy (non-hydrogen) atoms. The first-order valence-electron chi connectivity index (χ1n) is 17.5. The van der Waals surface area contributed by atoms with Crippen LogP contribution < -0.4 is 5.32 Å². The molecule has 0 bridgehead atoms. The Balaban J connectivity index is 0.000000177. The van der Waals surface area contributed by atoms with Crippen LogP contribution >= 0.6 is 23.2 Å². The van der Waals surface area contributed by atoms with Crippen LogP contribution in [0.25, 0.3) is 5.57 Å². The van der Waals surface area contributed by atoms with Crippen LogP contribution in [0.4, 0.5) is 0 Å². The maximum atomic E-state index is 12.7. The molecule has 2 aromatic carbocycles. The number of rotatable bonds is 5. The standard InChI is InChI=1S/C22H28Cl2O4.C19H21N/c1-12-8-16-15-5-4-13-9-14(25)6-7-19(13,2)21(15,24)17(26)10-20(16,3)22(12,28)18(27)11-23;1-20-14-6-11-19-17-9-4-2-7-15(17)12-13-16-8-3-5-10-18(16)19/h6-7,9,12,15-17,26,28H,4-5,8,10-11H2,1-3H3;2-5,7-11,20H,6,12-14H2,1H3/t12-,15+,16+,17+,19+,20+,21+,22+;/m1./s1. The number of fused-ring (bicyclic) bond motifs is 7. The molecule has 5 aliphatic rings. The molecular formula is C41H49Cl2NO4. The summed E-state index contributed by atoms with van der Waals surface area (Å²) in [6.07, 6.45) is 12.2. The molecule has 5 aliphatic carbocycles. The van der Waals surface area contributed by atoms with Gasteiger partial charge in [0, 0.05) is 10.8 Å². The van der Waals surface area contributed by atoms with Gasteiger partial charge in [0.2, 0.25) is 0 Å². The van der Waals surface area contributed by atoms with Crippen LogP contribution in [0.15, 0.2) is 78.4 Å². The zero-order chi connectivity index (χ0) is 34.5. The van der Waals surface area contributed by atoms with E-state index in [9.17, 15) is 19.8 Å². The van der Waals surface area contributed by atoms with Crippen molar-refractivity contribution in [2.24, 2.45) is 28.6 Å². The van der Waals surface area contributed by atoms with Crippen LogP contribution in [-0.2, 0) is 22.4 Å². The van der Waals surface area contributed by atoms with Crippen LogP contribution in [0.3, 0.4) is 0 Å². The van der Waals surface area contributed by atoms with Crippen molar-refractivity contribution in [1.29, 1.82) is 0 Å². The van der Waals surface area contributed by atoms with Crippen LogP contribution in [0.1, 0.15) is 75.1 Å². The monoisotopic (exact) mass is 689 g/mol. The summed E-state index contributed by atoms with van der Waals surface area (Å²) >= 11 is 13.2. The van der Waals surface area contributed by atoms with E-state index in [0.717, 1.165) is 44.2 Å². The smallest absolute Gasteiger partial charge is 0.179 e. The molecule has 5 nitrogen and oxygen atoms in total. The Hall–Kier alpha value is -2.54. The number of carbonyl (C=O) groups excluding carboxylic acids is 2. The van der Waals surface area contributed by atoms with Gasteiger partial charge in [-0.1, -0.05) is 87.0 Å². The lowest BCUT2D eigenvalue weighted by molar-refractivity contribution is -0.175. The highest BCUT2D eigenvalue weighted by Crippen LogP contribution is 2.71. The second kappa shape index (κ2) is 13.3. The normalized spacial score (nSPS) is 36.2. The van der Waals surface area contributed by atoms with E-state index in [0.29, 0.717) is 6.42 Å². The predicted octanol–water partition coefficient (Wildman–Crippen LogP) is 7.24. The second-order valence-corrected chi connectivity index (χ2v) is 15.9. The van der Waals surface area contributed by atoms with Gasteiger partial charge in [-0.15, -0.1) is 23.2 Å². The topological polar surface area (TPSA) is 86.6 Å². The highest BCUT2D eigenvalue weighted by molar-refractivity contribution is 6.29. The number of benzene rings is 2.